The van der Waals surface area contributed by atoms with Crippen LogP contribution < -0.4 is 20.7 Å². The van der Waals surface area contributed by atoms with Gasteiger partial charge in [0, 0.05) is 0 Å². The van der Waals surface area contributed by atoms with Gasteiger partial charge >= 0.3 is 0 Å². The molecule has 4 nitrogen and oxygen atoms in total. The molecule has 0 fully saturated rings. The highest BCUT2D eigenvalue weighted by molar-refractivity contribution is 5.47. The lowest BCUT2D eigenvalue weighted by atomic mass is 9.85. The lowest BCUT2D eigenvalue weighted by Crippen LogP contribution is -2.35. The molecule has 18 heavy (non-hydrogen) atoms. The van der Waals surface area contributed by atoms with Crippen LogP contribution in [0.2, 0.25) is 0 Å². The Hall–Kier alpha value is -1.26. The fourth-order valence-corrected chi connectivity index (χ4v) is 2.07. The average Bonchev–Trinajstić information content (AvgIpc) is 2.39. The molecule has 0 bridgehead atoms. The fourth-order valence-electron chi connectivity index (χ4n) is 2.07. The predicted molar refractivity (Wildman–Crippen MR) is 73.6 cm³/mol. The van der Waals surface area contributed by atoms with Crippen molar-refractivity contribution >= 4 is 0 Å². The van der Waals surface area contributed by atoms with Crippen molar-refractivity contribution in [2.45, 2.75) is 26.8 Å². The first kappa shape index (κ1) is 14.8. The van der Waals surface area contributed by atoms with Gasteiger partial charge in [-0.2, -0.15) is 0 Å². The number of hydrogen-bond acceptors (Lipinski definition) is 4. The summed E-state index contributed by atoms with van der Waals surface area (Å²) in [6.07, 6.45) is 0. The highest BCUT2D eigenvalue weighted by Gasteiger charge is 2.26. The minimum Gasteiger partial charge on any atom is -0.496 e. The monoisotopic (exact) mass is 252 g/mol. The molecule has 0 aliphatic rings. The molecule has 0 saturated carbocycles. The molecular formula is C14H24N2O2. The van der Waals surface area contributed by atoms with Gasteiger partial charge in [0.25, 0.3) is 0 Å². The summed E-state index contributed by atoms with van der Waals surface area (Å²) in [6.45, 7) is 6.52. The molecule has 1 aromatic rings. The van der Waals surface area contributed by atoms with Crippen LogP contribution in [0.25, 0.3) is 0 Å². The van der Waals surface area contributed by atoms with Gasteiger partial charge in [-0.25, -0.2) is 0 Å². The summed E-state index contributed by atoms with van der Waals surface area (Å²) >= 11 is 0. The summed E-state index contributed by atoms with van der Waals surface area (Å²) in [6, 6.07) is 5.76. The second-order valence-electron chi connectivity index (χ2n) is 4.82. The maximum atomic E-state index is 5.73. The van der Waals surface area contributed by atoms with Crippen LogP contribution in [0.3, 0.4) is 0 Å². The van der Waals surface area contributed by atoms with Crippen molar-refractivity contribution in [1.82, 2.24) is 5.43 Å². The van der Waals surface area contributed by atoms with E-state index in [1.165, 1.54) is 0 Å². The number of hydrazine groups is 1. The Bertz CT molecular complexity index is 358. The van der Waals surface area contributed by atoms with E-state index >= 15 is 0 Å². The van der Waals surface area contributed by atoms with Crippen LogP contribution in [-0.4, -0.2) is 14.2 Å². The molecule has 102 valence electrons. The van der Waals surface area contributed by atoms with Crippen molar-refractivity contribution in [2.24, 2.45) is 17.7 Å². The quantitative estimate of drug-likeness (QED) is 0.603. The summed E-state index contributed by atoms with van der Waals surface area (Å²) in [5.41, 5.74) is 3.87. The standard InChI is InChI=1S/C14H24N2O2/c1-9(2)10(3)14(16-15)13-11(17-4)7-6-8-12(13)18-5/h6-10,14,16H,15H2,1-5H3. The molecule has 0 amide bonds. The first-order chi connectivity index (χ1) is 8.56. The minimum atomic E-state index is -0.00361. The average molecular weight is 252 g/mol. The van der Waals surface area contributed by atoms with Gasteiger partial charge < -0.3 is 9.47 Å². The van der Waals surface area contributed by atoms with Crippen LogP contribution in [0.15, 0.2) is 18.2 Å². The lowest BCUT2D eigenvalue weighted by Gasteiger charge is -2.29. The number of benzene rings is 1. The Kier molecular flexibility index (Phi) is 5.44. The lowest BCUT2D eigenvalue weighted by molar-refractivity contribution is 0.286. The first-order valence-corrected chi connectivity index (χ1v) is 6.23. The maximum Gasteiger partial charge on any atom is 0.127 e. The Morgan fingerprint density at radius 2 is 1.56 bits per heavy atom. The summed E-state index contributed by atoms with van der Waals surface area (Å²) in [5, 5.41) is 0. The zero-order valence-corrected chi connectivity index (χ0v) is 11.9. The van der Waals surface area contributed by atoms with E-state index in [2.05, 4.69) is 26.2 Å². The fraction of sp³-hybridized carbons (Fsp3) is 0.571. The van der Waals surface area contributed by atoms with Crippen molar-refractivity contribution in [1.29, 1.82) is 0 Å². The molecule has 0 aromatic heterocycles. The van der Waals surface area contributed by atoms with Crippen molar-refractivity contribution in [3.8, 4) is 11.5 Å². The van der Waals surface area contributed by atoms with E-state index in [1.54, 1.807) is 14.2 Å². The third kappa shape index (κ3) is 2.94. The van der Waals surface area contributed by atoms with Crippen LogP contribution in [0.4, 0.5) is 0 Å². The van der Waals surface area contributed by atoms with E-state index in [4.69, 9.17) is 15.3 Å². The molecule has 1 aromatic carbocycles. The maximum absolute atomic E-state index is 5.73. The van der Waals surface area contributed by atoms with Gasteiger partial charge in [0.05, 0.1) is 25.8 Å². The third-order valence-corrected chi connectivity index (χ3v) is 3.53. The van der Waals surface area contributed by atoms with E-state index < -0.39 is 0 Å². The summed E-state index contributed by atoms with van der Waals surface area (Å²) in [7, 11) is 3.32. The SMILES string of the molecule is COc1cccc(OC)c1C(NN)C(C)C(C)C. The second-order valence-corrected chi connectivity index (χ2v) is 4.82. The van der Waals surface area contributed by atoms with Crippen LogP contribution in [-0.2, 0) is 0 Å². The summed E-state index contributed by atoms with van der Waals surface area (Å²) in [5.74, 6) is 8.18. The normalized spacial score (nSPS) is 14.4. The van der Waals surface area contributed by atoms with Gasteiger partial charge in [0.15, 0.2) is 0 Å². The molecule has 0 aliphatic carbocycles. The van der Waals surface area contributed by atoms with Crippen LogP contribution in [0, 0.1) is 11.8 Å². The first-order valence-electron chi connectivity index (χ1n) is 6.23. The number of ether oxygens (including phenoxy) is 2. The predicted octanol–water partition coefficient (Wildman–Crippen LogP) is 2.50. The van der Waals surface area contributed by atoms with Gasteiger partial charge in [-0.1, -0.05) is 26.8 Å². The van der Waals surface area contributed by atoms with Crippen molar-refractivity contribution in [2.75, 3.05) is 14.2 Å². The zero-order chi connectivity index (χ0) is 13.7. The minimum absolute atomic E-state index is 0.00361. The summed E-state index contributed by atoms with van der Waals surface area (Å²) in [4.78, 5) is 0. The third-order valence-electron chi connectivity index (χ3n) is 3.53. The van der Waals surface area contributed by atoms with Crippen molar-refractivity contribution in [3.05, 3.63) is 23.8 Å². The van der Waals surface area contributed by atoms with Crippen molar-refractivity contribution in [3.63, 3.8) is 0 Å². The zero-order valence-electron chi connectivity index (χ0n) is 11.9. The molecule has 4 heteroatoms. The van der Waals surface area contributed by atoms with E-state index in [9.17, 15) is 0 Å². The van der Waals surface area contributed by atoms with Crippen molar-refractivity contribution < 1.29 is 9.47 Å². The molecule has 2 atom stereocenters. The number of nitrogens with two attached hydrogens (primary N) is 1. The number of nitrogens with one attached hydrogen (secondary N) is 1. The highest BCUT2D eigenvalue weighted by Crippen LogP contribution is 2.38. The number of rotatable bonds is 6. The van der Waals surface area contributed by atoms with Gasteiger partial charge in [-0.05, 0) is 24.0 Å². The second kappa shape index (κ2) is 6.61. The molecule has 0 saturated heterocycles. The van der Waals surface area contributed by atoms with E-state index in [-0.39, 0.29) is 6.04 Å². The number of hydrogen-bond donors (Lipinski definition) is 2. The summed E-state index contributed by atoms with van der Waals surface area (Å²) < 4.78 is 10.8. The van der Waals surface area contributed by atoms with Gasteiger partial charge in [0.2, 0.25) is 0 Å². The Morgan fingerprint density at radius 1 is 1.06 bits per heavy atom. The molecule has 3 N–H and O–H groups in total. The Balaban J connectivity index is 3.26. The topological polar surface area (TPSA) is 56.5 Å². The molecule has 0 radical (unpaired) electrons. The molecule has 0 aliphatic heterocycles. The van der Waals surface area contributed by atoms with E-state index in [0.29, 0.717) is 11.8 Å². The van der Waals surface area contributed by atoms with Crippen LogP contribution in [0.5, 0.6) is 11.5 Å². The van der Waals surface area contributed by atoms with Crippen LogP contribution >= 0.6 is 0 Å². The molecular weight excluding hydrogens is 228 g/mol. The van der Waals surface area contributed by atoms with Gasteiger partial charge in [-0.3, -0.25) is 11.3 Å². The molecule has 1 rings (SSSR count). The van der Waals surface area contributed by atoms with Gasteiger partial charge in [-0.15, -0.1) is 0 Å². The Morgan fingerprint density at radius 3 is 1.89 bits per heavy atom. The number of methoxy groups -OCH3 is 2. The van der Waals surface area contributed by atoms with E-state index in [0.717, 1.165) is 17.1 Å². The Labute approximate surface area is 109 Å². The van der Waals surface area contributed by atoms with Gasteiger partial charge in [0.1, 0.15) is 11.5 Å². The van der Waals surface area contributed by atoms with Crippen LogP contribution in [0.1, 0.15) is 32.4 Å². The molecule has 0 heterocycles. The molecule has 0 spiro atoms. The molecule has 2 unspecified atom stereocenters. The smallest absolute Gasteiger partial charge is 0.127 e. The van der Waals surface area contributed by atoms with E-state index in [1.807, 2.05) is 18.2 Å². The highest BCUT2D eigenvalue weighted by atomic mass is 16.5. The largest absolute Gasteiger partial charge is 0.496 e.